The second-order valence-electron chi connectivity index (χ2n) is 4.22. The second kappa shape index (κ2) is 6.38. The van der Waals surface area contributed by atoms with Crippen molar-refractivity contribution in [3.63, 3.8) is 0 Å². The Morgan fingerprint density at radius 3 is 2.90 bits per heavy atom. The molecule has 0 fully saturated rings. The Kier molecular flexibility index (Phi) is 4.57. The molecule has 6 nitrogen and oxygen atoms in total. The predicted molar refractivity (Wildman–Crippen MR) is 77.9 cm³/mol. The van der Waals surface area contributed by atoms with E-state index in [9.17, 15) is 4.79 Å². The van der Waals surface area contributed by atoms with E-state index < -0.39 is 0 Å². The lowest BCUT2D eigenvalue weighted by Gasteiger charge is -2.15. The van der Waals surface area contributed by atoms with Gasteiger partial charge in [-0.1, -0.05) is 18.5 Å². The lowest BCUT2D eigenvalue weighted by molar-refractivity contribution is 0.0934. The first-order valence-corrected chi connectivity index (χ1v) is 6.67. The van der Waals surface area contributed by atoms with Gasteiger partial charge < -0.3 is 15.6 Å². The van der Waals surface area contributed by atoms with Gasteiger partial charge in [0.15, 0.2) is 0 Å². The van der Waals surface area contributed by atoms with Gasteiger partial charge in [0.1, 0.15) is 16.8 Å². The zero-order chi connectivity index (χ0) is 14.5. The fraction of sp³-hybridized carbons (Fsp3) is 0.308. The SMILES string of the molecule is CCC(NC(=O)c1cc(Cl)nc(NC)c1)c1ncc[nH]1. The maximum absolute atomic E-state index is 12.3. The van der Waals surface area contributed by atoms with Crippen LogP contribution in [0.4, 0.5) is 5.82 Å². The molecular weight excluding hydrogens is 278 g/mol. The van der Waals surface area contributed by atoms with E-state index in [0.29, 0.717) is 11.4 Å². The molecule has 0 aliphatic rings. The van der Waals surface area contributed by atoms with Gasteiger partial charge in [0.2, 0.25) is 0 Å². The van der Waals surface area contributed by atoms with Crippen molar-refractivity contribution in [3.05, 3.63) is 41.1 Å². The highest BCUT2D eigenvalue weighted by Gasteiger charge is 2.16. The molecule has 1 atom stereocenters. The number of H-pyrrole nitrogens is 1. The summed E-state index contributed by atoms with van der Waals surface area (Å²) in [4.78, 5) is 23.5. The van der Waals surface area contributed by atoms with E-state index in [-0.39, 0.29) is 17.1 Å². The summed E-state index contributed by atoms with van der Waals surface area (Å²) in [7, 11) is 1.72. The fourth-order valence-corrected chi connectivity index (χ4v) is 2.04. The van der Waals surface area contributed by atoms with Gasteiger partial charge in [-0.3, -0.25) is 4.79 Å². The number of carbonyl (C=O) groups excluding carboxylic acids is 1. The van der Waals surface area contributed by atoms with E-state index >= 15 is 0 Å². The number of hydrogen-bond donors (Lipinski definition) is 3. The van der Waals surface area contributed by atoms with Crippen LogP contribution in [0.1, 0.15) is 35.6 Å². The van der Waals surface area contributed by atoms with Gasteiger partial charge in [-0.05, 0) is 18.6 Å². The number of imidazole rings is 1. The van der Waals surface area contributed by atoms with Crippen molar-refractivity contribution in [1.29, 1.82) is 0 Å². The van der Waals surface area contributed by atoms with E-state index in [0.717, 1.165) is 12.2 Å². The quantitative estimate of drug-likeness (QED) is 0.739. The normalized spacial score (nSPS) is 11.9. The minimum absolute atomic E-state index is 0.164. The molecule has 1 amide bonds. The summed E-state index contributed by atoms with van der Waals surface area (Å²) in [5.74, 6) is 1.07. The lowest BCUT2D eigenvalue weighted by atomic mass is 10.2. The number of rotatable bonds is 5. The van der Waals surface area contributed by atoms with Crippen molar-refractivity contribution in [2.24, 2.45) is 0 Å². The van der Waals surface area contributed by atoms with Gasteiger partial charge in [-0.25, -0.2) is 9.97 Å². The molecule has 106 valence electrons. The van der Waals surface area contributed by atoms with Gasteiger partial charge in [0, 0.05) is 25.0 Å². The molecule has 0 aliphatic heterocycles. The van der Waals surface area contributed by atoms with E-state index in [1.165, 1.54) is 6.07 Å². The molecule has 0 aliphatic carbocycles. The lowest BCUT2D eigenvalue weighted by Crippen LogP contribution is -2.29. The Morgan fingerprint density at radius 2 is 2.30 bits per heavy atom. The Balaban J connectivity index is 2.17. The Bertz CT molecular complexity index is 584. The molecule has 0 spiro atoms. The first-order chi connectivity index (χ1) is 9.63. The van der Waals surface area contributed by atoms with Crippen molar-refractivity contribution in [1.82, 2.24) is 20.3 Å². The highest BCUT2D eigenvalue weighted by atomic mass is 35.5. The van der Waals surface area contributed by atoms with Crippen LogP contribution in [0.2, 0.25) is 5.15 Å². The van der Waals surface area contributed by atoms with Gasteiger partial charge in [-0.2, -0.15) is 0 Å². The number of anilines is 1. The van der Waals surface area contributed by atoms with Crippen LogP contribution in [0.25, 0.3) is 0 Å². The molecule has 0 saturated carbocycles. The summed E-state index contributed by atoms with van der Waals surface area (Å²) < 4.78 is 0. The number of nitrogens with one attached hydrogen (secondary N) is 3. The van der Waals surface area contributed by atoms with E-state index in [1.54, 1.807) is 25.5 Å². The zero-order valence-corrected chi connectivity index (χ0v) is 12.0. The topological polar surface area (TPSA) is 82.7 Å². The molecule has 7 heteroatoms. The van der Waals surface area contributed by atoms with Gasteiger partial charge in [0.05, 0.1) is 6.04 Å². The van der Waals surface area contributed by atoms with Crippen LogP contribution in [-0.4, -0.2) is 27.9 Å². The number of hydrogen-bond acceptors (Lipinski definition) is 4. The number of carbonyl (C=O) groups is 1. The minimum Gasteiger partial charge on any atom is -0.373 e. The van der Waals surface area contributed by atoms with Gasteiger partial charge in [-0.15, -0.1) is 0 Å². The summed E-state index contributed by atoms with van der Waals surface area (Å²) in [6.45, 7) is 1.98. The standard InChI is InChI=1S/C13H16ClN5O/c1-3-9(12-16-4-5-17-12)18-13(20)8-6-10(14)19-11(7-8)15-2/h4-7,9H,3H2,1-2H3,(H,15,19)(H,16,17)(H,18,20). The molecule has 0 radical (unpaired) electrons. The summed E-state index contributed by atoms with van der Waals surface area (Å²) in [6.07, 6.45) is 4.12. The van der Waals surface area contributed by atoms with Crippen LogP contribution < -0.4 is 10.6 Å². The molecule has 3 N–H and O–H groups in total. The van der Waals surface area contributed by atoms with Crippen LogP contribution in [0.5, 0.6) is 0 Å². The number of aromatic amines is 1. The second-order valence-corrected chi connectivity index (χ2v) is 4.61. The number of amides is 1. The molecule has 2 aromatic rings. The van der Waals surface area contributed by atoms with Crippen LogP contribution in [0.3, 0.4) is 0 Å². The molecule has 0 aromatic carbocycles. The number of aromatic nitrogens is 3. The third-order valence-electron chi connectivity index (χ3n) is 2.88. The average molecular weight is 294 g/mol. The number of pyridine rings is 1. The predicted octanol–water partition coefficient (Wildman–Crippen LogP) is 2.38. The van der Waals surface area contributed by atoms with Crippen molar-refractivity contribution in [2.75, 3.05) is 12.4 Å². The van der Waals surface area contributed by atoms with Crippen LogP contribution in [0, 0.1) is 0 Å². The van der Waals surface area contributed by atoms with Crippen LogP contribution in [-0.2, 0) is 0 Å². The summed E-state index contributed by atoms with van der Waals surface area (Å²) in [6, 6.07) is 3.02. The molecule has 0 bridgehead atoms. The smallest absolute Gasteiger partial charge is 0.252 e. The molecule has 1 unspecified atom stereocenters. The third kappa shape index (κ3) is 3.27. The monoisotopic (exact) mass is 293 g/mol. The Hall–Kier alpha value is -2.08. The molecule has 2 heterocycles. The fourth-order valence-electron chi connectivity index (χ4n) is 1.83. The average Bonchev–Trinajstić information content (AvgIpc) is 2.97. The maximum atomic E-state index is 12.3. The molecular formula is C13H16ClN5O. The Morgan fingerprint density at radius 1 is 1.50 bits per heavy atom. The van der Waals surface area contributed by atoms with Gasteiger partial charge in [0.25, 0.3) is 5.91 Å². The van der Waals surface area contributed by atoms with Crippen LogP contribution >= 0.6 is 11.6 Å². The van der Waals surface area contributed by atoms with E-state index in [2.05, 4.69) is 25.6 Å². The maximum Gasteiger partial charge on any atom is 0.252 e. The summed E-state index contributed by atoms with van der Waals surface area (Å²) in [5.41, 5.74) is 0.458. The van der Waals surface area contributed by atoms with Crippen molar-refractivity contribution < 1.29 is 4.79 Å². The summed E-state index contributed by atoms with van der Waals surface area (Å²) in [5, 5.41) is 6.05. The van der Waals surface area contributed by atoms with E-state index in [1.807, 2.05) is 6.92 Å². The van der Waals surface area contributed by atoms with Crippen LogP contribution in [0.15, 0.2) is 24.5 Å². The minimum atomic E-state index is -0.214. The molecule has 20 heavy (non-hydrogen) atoms. The largest absolute Gasteiger partial charge is 0.373 e. The first kappa shape index (κ1) is 14.3. The van der Waals surface area contributed by atoms with Crippen molar-refractivity contribution in [2.45, 2.75) is 19.4 Å². The van der Waals surface area contributed by atoms with Crippen molar-refractivity contribution >= 4 is 23.3 Å². The molecule has 2 rings (SSSR count). The number of nitrogens with zero attached hydrogens (tertiary/aromatic N) is 2. The van der Waals surface area contributed by atoms with Crippen molar-refractivity contribution in [3.8, 4) is 0 Å². The first-order valence-electron chi connectivity index (χ1n) is 6.29. The third-order valence-corrected chi connectivity index (χ3v) is 3.07. The highest BCUT2D eigenvalue weighted by molar-refractivity contribution is 6.29. The van der Waals surface area contributed by atoms with Gasteiger partial charge >= 0.3 is 0 Å². The molecule has 0 saturated heterocycles. The number of halogens is 1. The Labute approximate surface area is 122 Å². The summed E-state index contributed by atoms with van der Waals surface area (Å²) >= 11 is 5.89. The zero-order valence-electron chi connectivity index (χ0n) is 11.3. The van der Waals surface area contributed by atoms with E-state index in [4.69, 9.17) is 11.6 Å². The molecule has 2 aromatic heterocycles. The highest BCUT2D eigenvalue weighted by Crippen LogP contribution is 2.17.